The summed E-state index contributed by atoms with van der Waals surface area (Å²) < 4.78 is 5.54. The number of benzene rings is 1. The second-order valence-electron chi connectivity index (χ2n) is 3.72. The van der Waals surface area contributed by atoms with Gasteiger partial charge in [-0.2, -0.15) is 5.26 Å². The van der Waals surface area contributed by atoms with E-state index in [4.69, 9.17) is 27.3 Å². The van der Waals surface area contributed by atoms with E-state index in [9.17, 15) is 0 Å². The Morgan fingerprint density at radius 2 is 2.30 bits per heavy atom. The zero-order chi connectivity index (χ0) is 14.4. The highest BCUT2D eigenvalue weighted by atomic mass is 35.5. The van der Waals surface area contributed by atoms with Gasteiger partial charge in [0.1, 0.15) is 23.2 Å². The third-order valence-corrected chi connectivity index (χ3v) is 3.36. The number of nitrogens with zero attached hydrogens (tertiary/aromatic N) is 3. The summed E-state index contributed by atoms with van der Waals surface area (Å²) >= 11 is 7.26. The predicted octanol–water partition coefficient (Wildman–Crippen LogP) is 2.75. The molecule has 0 unspecified atom stereocenters. The molecule has 0 aliphatic rings. The minimum Gasteiger partial charge on any atom is -0.493 e. The third kappa shape index (κ3) is 4.02. The van der Waals surface area contributed by atoms with E-state index in [1.165, 1.54) is 18.0 Å². The molecule has 0 saturated carbocycles. The number of aromatic nitrogens is 2. The Labute approximate surface area is 125 Å². The summed E-state index contributed by atoms with van der Waals surface area (Å²) in [5, 5.41) is 9.89. The molecular weight excluding hydrogens is 296 g/mol. The molecule has 0 aliphatic carbocycles. The van der Waals surface area contributed by atoms with Crippen LogP contribution in [0.1, 0.15) is 5.56 Å². The maximum absolute atomic E-state index is 8.72. The number of nitrogens with two attached hydrogens (primary N) is 1. The zero-order valence-corrected chi connectivity index (χ0v) is 12.0. The minimum atomic E-state index is 0.195. The number of anilines is 1. The van der Waals surface area contributed by atoms with Crippen LogP contribution in [0.2, 0.25) is 5.02 Å². The summed E-state index contributed by atoms with van der Waals surface area (Å²) in [6.45, 7) is 0.494. The average molecular weight is 307 g/mol. The van der Waals surface area contributed by atoms with Crippen LogP contribution in [0.5, 0.6) is 5.75 Å². The fraction of sp³-hybridized carbons (Fsp3) is 0.154. The molecule has 0 bridgehead atoms. The third-order valence-electron chi connectivity index (χ3n) is 2.30. The SMILES string of the molecule is N#Cc1cnc(SCCOc2cccc(Cl)c2)nc1N. The standard InChI is InChI=1S/C13H11ClN4OS/c14-10-2-1-3-11(6-10)19-4-5-20-13-17-8-9(7-15)12(16)18-13/h1-3,6,8H,4-5H2,(H2,16,17,18). The number of hydrogen-bond acceptors (Lipinski definition) is 6. The van der Waals surface area contributed by atoms with Gasteiger partial charge in [-0.05, 0) is 18.2 Å². The number of hydrogen-bond donors (Lipinski definition) is 1. The first kappa shape index (κ1) is 14.4. The second kappa shape index (κ2) is 6.98. The van der Waals surface area contributed by atoms with Gasteiger partial charge in [0.25, 0.3) is 0 Å². The molecule has 2 rings (SSSR count). The van der Waals surface area contributed by atoms with E-state index in [-0.39, 0.29) is 11.4 Å². The van der Waals surface area contributed by atoms with Gasteiger partial charge >= 0.3 is 0 Å². The molecule has 1 heterocycles. The van der Waals surface area contributed by atoms with Gasteiger partial charge in [-0.1, -0.05) is 29.4 Å². The molecule has 102 valence electrons. The van der Waals surface area contributed by atoms with Crippen LogP contribution in [0.4, 0.5) is 5.82 Å². The van der Waals surface area contributed by atoms with Crippen LogP contribution in [-0.2, 0) is 0 Å². The van der Waals surface area contributed by atoms with Crippen LogP contribution < -0.4 is 10.5 Å². The molecule has 0 fully saturated rings. The lowest BCUT2D eigenvalue weighted by Crippen LogP contribution is -2.02. The van der Waals surface area contributed by atoms with E-state index in [2.05, 4.69) is 9.97 Å². The van der Waals surface area contributed by atoms with Crippen LogP contribution in [0, 0.1) is 11.3 Å². The molecule has 20 heavy (non-hydrogen) atoms. The lowest BCUT2D eigenvalue weighted by atomic mass is 10.3. The average Bonchev–Trinajstić information content (AvgIpc) is 2.44. The van der Waals surface area contributed by atoms with E-state index in [0.29, 0.717) is 22.5 Å². The van der Waals surface area contributed by atoms with Gasteiger partial charge in [0.2, 0.25) is 0 Å². The highest BCUT2D eigenvalue weighted by molar-refractivity contribution is 7.99. The van der Waals surface area contributed by atoms with E-state index in [1.807, 2.05) is 18.2 Å². The number of thioether (sulfide) groups is 1. The van der Waals surface area contributed by atoms with Crippen molar-refractivity contribution in [2.75, 3.05) is 18.1 Å². The van der Waals surface area contributed by atoms with E-state index >= 15 is 0 Å². The summed E-state index contributed by atoms with van der Waals surface area (Å²) in [6.07, 6.45) is 1.42. The quantitative estimate of drug-likeness (QED) is 0.519. The zero-order valence-electron chi connectivity index (χ0n) is 10.4. The number of rotatable bonds is 5. The van der Waals surface area contributed by atoms with Gasteiger partial charge in [0.05, 0.1) is 12.8 Å². The van der Waals surface area contributed by atoms with Crippen LogP contribution >= 0.6 is 23.4 Å². The molecule has 0 amide bonds. The monoisotopic (exact) mass is 306 g/mol. The normalized spacial score (nSPS) is 10.0. The maximum atomic E-state index is 8.72. The van der Waals surface area contributed by atoms with Crippen LogP contribution in [-0.4, -0.2) is 22.3 Å². The molecular formula is C13H11ClN4OS. The van der Waals surface area contributed by atoms with Crippen LogP contribution in [0.15, 0.2) is 35.6 Å². The van der Waals surface area contributed by atoms with Crippen molar-refractivity contribution < 1.29 is 4.74 Å². The number of nitrogen functional groups attached to an aromatic ring is 1. The van der Waals surface area contributed by atoms with Gasteiger partial charge in [-0.3, -0.25) is 0 Å². The van der Waals surface area contributed by atoms with Gasteiger partial charge in [-0.25, -0.2) is 9.97 Å². The molecule has 2 N–H and O–H groups in total. The summed E-state index contributed by atoms with van der Waals surface area (Å²) in [5.41, 5.74) is 5.89. The van der Waals surface area contributed by atoms with Gasteiger partial charge in [0.15, 0.2) is 5.16 Å². The Kier molecular flexibility index (Phi) is 5.04. The first-order chi connectivity index (χ1) is 9.69. The predicted molar refractivity (Wildman–Crippen MR) is 78.8 cm³/mol. The highest BCUT2D eigenvalue weighted by Crippen LogP contribution is 2.19. The van der Waals surface area contributed by atoms with Crippen molar-refractivity contribution in [3.8, 4) is 11.8 Å². The topological polar surface area (TPSA) is 84.8 Å². The van der Waals surface area contributed by atoms with E-state index in [1.54, 1.807) is 12.1 Å². The minimum absolute atomic E-state index is 0.195. The molecule has 5 nitrogen and oxygen atoms in total. The Morgan fingerprint density at radius 1 is 1.45 bits per heavy atom. The molecule has 0 spiro atoms. The van der Waals surface area contributed by atoms with Crippen molar-refractivity contribution in [1.29, 1.82) is 5.26 Å². The summed E-state index contributed by atoms with van der Waals surface area (Å²) in [4.78, 5) is 8.07. The fourth-order valence-electron chi connectivity index (χ4n) is 1.38. The molecule has 1 aromatic heterocycles. The second-order valence-corrected chi connectivity index (χ2v) is 5.22. The fourth-order valence-corrected chi connectivity index (χ4v) is 2.20. The van der Waals surface area contributed by atoms with Gasteiger partial charge in [-0.15, -0.1) is 0 Å². The molecule has 0 saturated heterocycles. The van der Waals surface area contributed by atoms with E-state index < -0.39 is 0 Å². The first-order valence-corrected chi connectivity index (χ1v) is 7.09. The Bertz CT molecular complexity index is 645. The Hall–Kier alpha value is -1.97. The lowest BCUT2D eigenvalue weighted by Gasteiger charge is -2.06. The Morgan fingerprint density at radius 3 is 3.00 bits per heavy atom. The number of ether oxygens (including phenoxy) is 1. The van der Waals surface area contributed by atoms with Gasteiger partial charge < -0.3 is 10.5 Å². The van der Waals surface area contributed by atoms with Crippen molar-refractivity contribution in [3.63, 3.8) is 0 Å². The molecule has 0 radical (unpaired) electrons. The number of nitriles is 1. The van der Waals surface area contributed by atoms with Crippen molar-refractivity contribution in [3.05, 3.63) is 41.0 Å². The van der Waals surface area contributed by atoms with Crippen molar-refractivity contribution >= 4 is 29.2 Å². The van der Waals surface area contributed by atoms with Crippen molar-refractivity contribution in [1.82, 2.24) is 9.97 Å². The van der Waals surface area contributed by atoms with Gasteiger partial charge in [0, 0.05) is 10.8 Å². The summed E-state index contributed by atoms with van der Waals surface area (Å²) in [6, 6.07) is 9.13. The molecule has 2 aromatic rings. The van der Waals surface area contributed by atoms with Crippen LogP contribution in [0.3, 0.4) is 0 Å². The summed E-state index contributed by atoms with van der Waals surface area (Å²) in [7, 11) is 0. The smallest absolute Gasteiger partial charge is 0.189 e. The van der Waals surface area contributed by atoms with Crippen molar-refractivity contribution in [2.24, 2.45) is 0 Å². The largest absolute Gasteiger partial charge is 0.493 e. The highest BCUT2D eigenvalue weighted by Gasteiger charge is 2.04. The van der Waals surface area contributed by atoms with E-state index in [0.717, 1.165) is 5.75 Å². The maximum Gasteiger partial charge on any atom is 0.189 e. The molecule has 0 atom stereocenters. The molecule has 7 heteroatoms. The van der Waals surface area contributed by atoms with Crippen LogP contribution in [0.25, 0.3) is 0 Å². The Balaban J connectivity index is 1.82. The first-order valence-electron chi connectivity index (χ1n) is 5.73. The number of halogens is 1. The lowest BCUT2D eigenvalue weighted by molar-refractivity contribution is 0.344. The van der Waals surface area contributed by atoms with Crippen molar-refractivity contribution in [2.45, 2.75) is 5.16 Å². The molecule has 1 aromatic carbocycles. The molecule has 0 aliphatic heterocycles. The summed E-state index contributed by atoms with van der Waals surface area (Å²) in [5.74, 6) is 1.58.